The molecule has 0 rings (SSSR count). The SMILES string of the molecule is CC(=O)OCC#CBr. The number of halogens is 1. The smallest absolute Gasteiger partial charge is 0.303 e. The highest BCUT2D eigenvalue weighted by atomic mass is 79.9. The summed E-state index contributed by atoms with van der Waals surface area (Å²) in [7, 11) is 0. The van der Waals surface area contributed by atoms with Crippen LogP contribution >= 0.6 is 15.9 Å². The van der Waals surface area contributed by atoms with E-state index in [2.05, 4.69) is 31.4 Å². The van der Waals surface area contributed by atoms with E-state index in [1.54, 1.807) is 0 Å². The molecule has 2 nitrogen and oxygen atoms in total. The van der Waals surface area contributed by atoms with Crippen LogP contribution in [0.4, 0.5) is 0 Å². The number of ether oxygens (including phenoxy) is 1. The highest BCUT2D eigenvalue weighted by Gasteiger charge is 1.84. The molecule has 0 bridgehead atoms. The van der Waals surface area contributed by atoms with Crippen molar-refractivity contribution in [3.8, 4) is 10.8 Å². The summed E-state index contributed by atoms with van der Waals surface area (Å²) in [5, 5.41) is 0. The van der Waals surface area contributed by atoms with Gasteiger partial charge < -0.3 is 4.74 Å². The molecule has 0 aromatic carbocycles. The Morgan fingerprint density at radius 3 is 2.88 bits per heavy atom. The maximum atomic E-state index is 10.0. The summed E-state index contributed by atoms with van der Waals surface area (Å²) in [5.41, 5.74) is 0. The van der Waals surface area contributed by atoms with Gasteiger partial charge in [0.2, 0.25) is 0 Å². The fourth-order valence-electron chi connectivity index (χ4n) is 0.165. The molecule has 0 aromatic rings. The van der Waals surface area contributed by atoms with Crippen molar-refractivity contribution in [1.82, 2.24) is 0 Å². The van der Waals surface area contributed by atoms with Gasteiger partial charge in [-0.25, -0.2) is 0 Å². The Kier molecular flexibility index (Phi) is 4.38. The molecule has 0 aliphatic heterocycles. The van der Waals surface area contributed by atoms with E-state index in [9.17, 15) is 4.79 Å². The quantitative estimate of drug-likeness (QED) is 0.439. The summed E-state index contributed by atoms with van der Waals surface area (Å²) in [6, 6.07) is 0. The Morgan fingerprint density at radius 2 is 2.50 bits per heavy atom. The summed E-state index contributed by atoms with van der Waals surface area (Å²) in [6.45, 7) is 1.51. The molecule has 0 radical (unpaired) electrons. The topological polar surface area (TPSA) is 26.3 Å². The van der Waals surface area contributed by atoms with Crippen LogP contribution in [0.15, 0.2) is 0 Å². The lowest BCUT2D eigenvalue weighted by Gasteiger charge is -1.89. The summed E-state index contributed by atoms with van der Waals surface area (Å²) in [5.74, 6) is 2.20. The van der Waals surface area contributed by atoms with Gasteiger partial charge in [0.15, 0.2) is 6.61 Å². The number of carbonyl (C=O) groups excluding carboxylic acids is 1. The monoisotopic (exact) mass is 176 g/mol. The third-order valence-electron chi connectivity index (χ3n) is 0.414. The summed E-state index contributed by atoms with van der Waals surface area (Å²) in [6.07, 6.45) is 0. The first-order valence-electron chi connectivity index (χ1n) is 1.99. The Hall–Kier alpha value is -0.490. The summed E-state index contributed by atoms with van der Waals surface area (Å²) < 4.78 is 4.44. The first-order valence-corrected chi connectivity index (χ1v) is 2.78. The van der Waals surface area contributed by atoms with Crippen molar-refractivity contribution in [2.75, 3.05) is 6.61 Å². The lowest BCUT2D eigenvalue weighted by molar-refractivity contribution is -0.139. The van der Waals surface area contributed by atoms with Crippen LogP contribution < -0.4 is 0 Å². The first-order chi connectivity index (χ1) is 3.77. The van der Waals surface area contributed by atoms with Gasteiger partial charge in [0.05, 0.1) is 0 Å². The van der Waals surface area contributed by atoms with Crippen LogP contribution in [-0.4, -0.2) is 12.6 Å². The van der Waals surface area contributed by atoms with E-state index >= 15 is 0 Å². The number of hydrogen-bond donors (Lipinski definition) is 0. The number of carbonyl (C=O) groups is 1. The third-order valence-corrected chi connectivity index (χ3v) is 0.695. The molecule has 0 aliphatic carbocycles. The predicted molar refractivity (Wildman–Crippen MR) is 33.3 cm³/mol. The molecular formula is C5H5BrO2. The molecule has 0 saturated carbocycles. The second-order valence-corrected chi connectivity index (χ2v) is 1.45. The fourth-order valence-corrected chi connectivity index (χ4v) is 0.279. The Morgan fingerprint density at radius 1 is 1.88 bits per heavy atom. The largest absolute Gasteiger partial charge is 0.453 e. The van der Waals surface area contributed by atoms with Crippen LogP contribution in [0.3, 0.4) is 0 Å². The van der Waals surface area contributed by atoms with E-state index in [0.717, 1.165) is 0 Å². The molecule has 0 amide bonds. The molecule has 0 N–H and O–H groups in total. The van der Waals surface area contributed by atoms with Gasteiger partial charge in [0.25, 0.3) is 0 Å². The molecule has 44 valence electrons. The zero-order chi connectivity index (χ0) is 6.41. The third kappa shape index (κ3) is 5.51. The molecule has 0 saturated heterocycles. The van der Waals surface area contributed by atoms with Crippen molar-refractivity contribution in [3.63, 3.8) is 0 Å². The van der Waals surface area contributed by atoms with E-state index in [4.69, 9.17) is 0 Å². The van der Waals surface area contributed by atoms with Crippen molar-refractivity contribution in [2.24, 2.45) is 0 Å². The predicted octanol–water partition coefficient (Wildman–Crippen LogP) is 0.905. The second kappa shape index (κ2) is 4.66. The van der Waals surface area contributed by atoms with E-state index in [-0.39, 0.29) is 12.6 Å². The maximum absolute atomic E-state index is 10.0. The Labute approximate surface area is 56.3 Å². The molecule has 8 heavy (non-hydrogen) atoms. The van der Waals surface area contributed by atoms with Crippen LogP contribution in [0.25, 0.3) is 0 Å². The highest BCUT2D eigenvalue weighted by Crippen LogP contribution is 1.74. The minimum Gasteiger partial charge on any atom is -0.453 e. The lowest BCUT2D eigenvalue weighted by Crippen LogP contribution is -1.97. The van der Waals surface area contributed by atoms with Crippen molar-refractivity contribution >= 4 is 21.9 Å². The molecule has 0 atom stereocenters. The van der Waals surface area contributed by atoms with Crippen LogP contribution in [0, 0.1) is 10.8 Å². The lowest BCUT2D eigenvalue weighted by atomic mass is 10.7. The zero-order valence-electron chi connectivity index (χ0n) is 4.40. The van der Waals surface area contributed by atoms with Gasteiger partial charge in [0, 0.05) is 22.9 Å². The standard InChI is InChI=1S/C5H5BrO2/c1-5(7)8-4-2-3-6/h4H2,1H3. The Balaban J connectivity index is 3.14. The molecule has 0 unspecified atom stereocenters. The molecule has 0 heterocycles. The van der Waals surface area contributed by atoms with Gasteiger partial charge >= 0.3 is 5.97 Å². The molecule has 0 aliphatic rings. The molecule has 0 fully saturated rings. The van der Waals surface area contributed by atoms with Gasteiger partial charge in [-0.15, -0.1) is 0 Å². The second-order valence-electron chi connectivity index (χ2n) is 1.05. The van der Waals surface area contributed by atoms with Crippen molar-refractivity contribution in [1.29, 1.82) is 0 Å². The molecule has 0 aromatic heterocycles. The zero-order valence-corrected chi connectivity index (χ0v) is 5.99. The van der Waals surface area contributed by atoms with E-state index in [1.807, 2.05) is 0 Å². The fraction of sp³-hybridized carbons (Fsp3) is 0.400. The number of esters is 1. The maximum Gasteiger partial charge on any atom is 0.303 e. The number of rotatable bonds is 1. The van der Waals surface area contributed by atoms with Gasteiger partial charge in [-0.2, -0.15) is 0 Å². The average Bonchev–Trinajstić information content (AvgIpc) is 1.66. The highest BCUT2D eigenvalue weighted by molar-refractivity contribution is 9.12. The van der Waals surface area contributed by atoms with Gasteiger partial charge in [-0.3, -0.25) is 4.79 Å². The Bertz CT molecular complexity index is 131. The van der Waals surface area contributed by atoms with Gasteiger partial charge in [0.1, 0.15) is 0 Å². The normalized spacial score (nSPS) is 6.75. The summed E-state index contributed by atoms with van der Waals surface area (Å²) in [4.78, 5) is 12.4. The number of hydrogen-bond acceptors (Lipinski definition) is 2. The molecule has 0 spiro atoms. The van der Waals surface area contributed by atoms with E-state index < -0.39 is 0 Å². The summed E-state index contributed by atoms with van der Waals surface area (Å²) >= 11 is 2.85. The van der Waals surface area contributed by atoms with Gasteiger partial charge in [-0.1, -0.05) is 0 Å². The average molecular weight is 177 g/mol. The minimum absolute atomic E-state index is 0.167. The molecular weight excluding hydrogens is 172 g/mol. The minimum atomic E-state index is -0.305. The first kappa shape index (κ1) is 7.51. The van der Waals surface area contributed by atoms with Crippen LogP contribution in [0.5, 0.6) is 0 Å². The van der Waals surface area contributed by atoms with Crippen molar-refractivity contribution in [3.05, 3.63) is 0 Å². The molecule has 3 heteroatoms. The van der Waals surface area contributed by atoms with Gasteiger partial charge in [-0.05, 0) is 10.8 Å². The van der Waals surface area contributed by atoms with Crippen LogP contribution in [0.2, 0.25) is 0 Å². The van der Waals surface area contributed by atoms with E-state index in [0.29, 0.717) is 0 Å². The van der Waals surface area contributed by atoms with Crippen molar-refractivity contribution in [2.45, 2.75) is 6.92 Å². The van der Waals surface area contributed by atoms with E-state index in [1.165, 1.54) is 6.92 Å². The van der Waals surface area contributed by atoms with Crippen LogP contribution in [0.1, 0.15) is 6.92 Å². The van der Waals surface area contributed by atoms with Crippen molar-refractivity contribution < 1.29 is 9.53 Å². The van der Waals surface area contributed by atoms with Crippen LogP contribution in [-0.2, 0) is 9.53 Å².